The van der Waals surface area contributed by atoms with E-state index in [1.54, 1.807) is 12.1 Å². The number of benzene rings is 2. The zero-order chi connectivity index (χ0) is 22.0. The molecule has 2 aromatic carbocycles. The molecule has 2 aliphatic rings. The molecule has 0 aliphatic carbocycles. The number of carbonyl (C=O) groups is 4. The first-order chi connectivity index (χ1) is 14.9. The van der Waals surface area contributed by atoms with Crippen molar-refractivity contribution in [1.82, 2.24) is 4.90 Å². The fraction of sp³-hybridized carbons (Fsp3) is 0.273. The van der Waals surface area contributed by atoms with Gasteiger partial charge in [-0.2, -0.15) is 0 Å². The van der Waals surface area contributed by atoms with Crippen LogP contribution < -0.4 is 10.1 Å². The van der Waals surface area contributed by atoms with Gasteiger partial charge in [0.2, 0.25) is 0 Å². The minimum Gasteiger partial charge on any atom is -0.482 e. The lowest BCUT2D eigenvalue weighted by Gasteiger charge is -2.17. The van der Waals surface area contributed by atoms with E-state index in [1.165, 1.54) is 35.2 Å². The lowest BCUT2D eigenvalue weighted by molar-refractivity contribution is -0.139. The van der Waals surface area contributed by atoms with Gasteiger partial charge in [0.1, 0.15) is 5.75 Å². The SMILES string of the molecule is O=C(O)COc1ccc(NC(=O)c2ccc3c(c2)C(=O)N(C[C@@H]2CCCO2)C3=O)cc1. The number of nitrogens with one attached hydrogen (secondary N) is 1. The number of carboxylic acids is 1. The van der Waals surface area contributed by atoms with Gasteiger partial charge in [-0.1, -0.05) is 0 Å². The van der Waals surface area contributed by atoms with Crippen LogP contribution in [0.5, 0.6) is 5.75 Å². The van der Waals surface area contributed by atoms with Crippen LogP contribution in [-0.2, 0) is 9.53 Å². The lowest BCUT2D eigenvalue weighted by atomic mass is 10.1. The molecular formula is C22H20N2O7. The van der Waals surface area contributed by atoms with Gasteiger partial charge < -0.3 is 19.9 Å². The second-order valence-corrected chi connectivity index (χ2v) is 7.28. The monoisotopic (exact) mass is 424 g/mol. The van der Waals surface area contributed by atoms with E-state index >= 15 is 0 Å². The van der Waals surface area contributed by atoms with Gasteiger partial charge in [0.25, 0.3) is 17.7 Å². The fourth-order valence-corrected chi connectivity index (χ4v) is 3.57. The van der Waals surface area contributed by atoms with E-state index in [9.17, 15) is 19.2 Å². The summed E-state index contributed by atoms with van der Waals surface area (Å²) in [5, 5.41) is 11.3. The highest BCUT2D eigenvalue weighted by atomic mass is 16.5. The molecule has 31 heavy (non-hydrogen) atoms. The van der Waals surface area contributed by atoms with Crippen molar-refractivity contribution < 1.29 is 33.8 Å². The molecule has 0 saturated carbocycles. The van der Waals surface area contributed by atoms with Gasteiger partial charge in [-0.05, 0) is 55.3 Å². The average Bonchev–Trinajstić information content (AvgIpc) is 3.36. The number of carbonyl (C=O) groups excluding carboxylic acids is 3. The molecule has 2 aliphatic heterocycles. The number of anilines is 1. The zero-order valence-electron chi connectivity index (χ0n) is 16.5. The third-order valence-corrected chi connectivity index (χ3v) is 5.12. The highest BCUT2D eigenvalue weighted by molar-refractivity contribution is 6.22. The Morgan fingerprint density at radius 2 is 1.84 bits per heavy atom. The third-order valence-electron chi connectivity index (χ3n) is 5.12. The third kappa shape index (κ3) is 4.41. The van der Waals surface area contributed by atoms with Crippen molar-refractivity contribution in [2.24, 2.45) is 0 Å². The van der Waals surface area contributed by atoms with E-state index in [0.29, 0.717) is 18.0 Å². The molecule has 0 spiro atoms. The molecule has 3 amide bonds. The van der Waals surface area contributed by atoms with Crippen molar-refractivity contribution >= 4 is 29.4 Å². The number of amides is 3. The summed E-state index contributed by atoms with van der Waals surface area (Å²) in [7, 11) is 0. The lowest BCUT2D eigenvalue weighted by Crippen LogP contribution is -2.36. The largest absolute Gasteiger partial charge is 0.482 e. The highest BCUT2D eigenvalue weighted by Crippen LogP contribution is 2.26. The Bertz CT molecular complexity index is 1040. The number of hydrogen-bond acceptors (Lipinski definition) is 6. The molecule has 1 saturated heterocycles. The number of rotatable bonds is 7. The van der Waals surface area contributed by atoms with Gasteiger partial charge in [0.15, 0.2) is 6.61 Å². The first-order valence-electron chi connectivity index (χ1n) is 9.80. The van der Waals surface area contributed by atoms with Crippen LogP contribution in [0.2, 0.25) is 0 Å². The molecular weight excluding hydrogens is 404 g/mol. The van der Waals surface area contributed by atoms with E-state index in [1.807, 2.05) is 0 Å². The second kappa shape index (κ2) is 8.57. The highest BCUT2D eigenvalue weighted by Gasteiger charge is 2.37. The number of hydrogen-bond donors (Lipinski definition) is 2. The molecule has 160 valence electrons. The molecule has 0 unspecified atom stereocenters. The van der Waals surface area contributed by atoms with Gasteiger partial charge in [-0.25, -0.2) is 4.79 Å². The fourth-order valence-electron chi connectivity index (χ4n) is 3.57. The maximum Gasteiger partial charge on any atom is 0.341 e. The van der Waals surface area contributed by atoms with Crippen LogP contribution in [0.3, 0.4) is 0 Å². The number of ether oxygens (including phenoxy) is 2. The number of carboxylic acid groups (broad SMARTS) is 1. The Hall–Kier alpha value is -3.72. The van der Waals surface area contributed by atoms with Gasteiger partial charge in [-0.3, -0.25) is 19.3 Å². The van der Waals surface area contributed by atoms with Crippen molar-refractivity contribution in [2.75, 3.05) is 25.1 Å². The normalized spacial score (nSPS) is 17.5. The van der Waals surface area contributed by atoms with Gasteiger partial charge in [0.05, 0.1) is 23.8 Å². The van der Waals surface area contributed by atoms with Gasteiger partial charge in [0, 0.05) is 17.9 Å². The maximum absolute atomic E-state index is 12.7. The van der Waals surface area contributed by atoms with Crippen LogP contribution in [0, 0.1) is 0 Å². The summed E-state index contributed by atoms with van der Waals surface area (Å²) >= 11 is 0. The van der Waals surface area contributed by atoms with Crippen LogP contribution >= 0.6 is 0 Å². The molecule has 1 fully saturated rings. The van der Waals surface area contributed by atoms with E-state index < -0.39 is 24.4 Å². The molecule has 0 radical (unpaired) electrons. The molecule has 2 aromatic rings. The van der Waals surface area contributed by atoms with Crippen LogP contribution in [-0.4, -0.2) is 59.6 Å². The Labute approximate surface area is 177 Å². The van der Waals surface area contributed by atoms with E-state index in [4.69, 9.17) is 14.6 Å². The molecule has 9 heteroatoms. The second-order valence-electron chi connectivity index (χ2n) is 7.28. The summed E-state index contributed by atoms with van der Waals surface area (Å²) in [6, 6.07) is 10.6. The Balaban J connectivity index is 1.44. The summed E-state index contributed by atoms with van der Waals surface area (Å²) in [6.45, 7) is 0.381. The Morgan fingerprint density at radius 1 is 1.10 bits per heavy atom. The minimum absolute atomic E-state index is 0.146. The smallest absolute Gasteiger partial charge is 0.341 e. The van der Waals surface area contributed by atoms with Crippen LogP contribution in [0.1, 0.15) is 43.9 Å². The topological polar surface area (TPSA) is 122 Å². The van der Waals surface area contributed by atoms with Crippen LogP contribution in [0.25, 0.3) is 0 Å². The maximum atomic E-state index is 12.7. The van der Waals surface area contributed by atoms with Crippen molar-refractivity contribution in [2.45, 2.75) is 18.9 Å². The predicted octanol–water partition coefficient (Wildman–Crippen LogP) is 2.18. The van der Waals surface area contributed by atoms with Gasteiger partial charge in [-0.15, -0.1) is 0 Å². The van der Waals surface area contributed by atoms with Crippen LogP contribution in [0.4, 0.5) is 5.69 Å². The van der Waals surface area contributed by atoms with Crippen molar-refractivity contribution in [3.05, 3.63) is 59.2 Å². The standard InChI is InChI=1S/C22H20N2O7/c25-19(26)12-31-15-6-4-14(5-7-15)23-20(27)13-3-8-17-18(10-13)22(29)24(21(17)28)11-16-2-1-9-30-16/h3-8,10,16H,1-2,9,11-12H2,(H,23,27)(H,25,26)/t16-/m0/s1. The summed E-state index contributed by atoms with van der Waals surface area (Å²) in [6.07, 6.45) is 1.57. The molecule has 2 heterocycles. The molecule has 1 atom stereocenters. The van der Waals surface area contributed by atoms with Crippen molar-refractivity contribution in [1.29, 1.82) is 0 Å². The Morgan fingerprint density at radius 3 is 2.52 bits per heavy atom. The molecule has 0 aromatic heterocycles. The number of nitrogens with zero attached hydrogens (tertiary/aromatic N) is 1. The summed E-state index contributed by atoms with van der Waals surface area (Å²) < 4.78 is 10.6. The number of imide groups is 1. The number of fused-ring (bicyclic) bond motifs is 1. The molecule has 4 rings (SSSR count). The minimum atomic E-state index is -1.09. The molecule has 0 bridgehead atoms. The average molecular weight is 424 g/mol. The van der Waals surface area contributed by atoms with E-state index in [-0.39, 0.29) is 35.2 Å². The number of aliphatic carboxylic acids is 1. The van der Waals surface area contributed by atoms with Crippen molar-refractivity contribution in [3.8, 4) is 5.75 Å². The predicted molar refractivity (Wildman–Crippen MR) is 108 cm³/mol. The summed E-state index contributed by atoms with van der Waals surface area (Å²) in [4.78, 5) is 49.7. The zero-order valence-corrected chi connectivity index (χ0v) is 16.5. The summed E-state index contributed by atoms with van der Waals surface area (Å²) in [5.74, 6) is -1.98. The molecule has 2 N–H and O–H groups in total. The quantitative estimate of drug-likeness (QED) is 0.653. The van der Waals surface area contributed by atoms with E-state index in [2.05, 4.69) is 5.32 Å². The van der Waals surface area contributed by atoms with E-state index in [0.717, 1.165) is 12.8 Å². The van der Waals surface area contributed by atoms with Crippen molar-refractivity contribution in [3.63, 3.8) is 0 Å². The Kier molecular flexibility index (Phi) is 5.68. The van der Waals surface area contributed by atoms with Gasteiger partial charge >= 0.3 is 5.97 Å². The first-order valence-corrected chi connectivity index (χ1v) is 9.80. The molecule has 9 nitrogen and oxygen atoms in total. The van der Waals surface area contributed by atoms with Crippen LogP contribution in [0.15, 0.2) is 42.5 Å². The summed E-state index contributed by atoms with van der Waals surface area (Å²) in [5.41, 5.74) is 1.19. The first kappa shape index (κ1) is 20.5.